The Kier molecular flexibility index (Phi) is 4.21. The van der Waals surface area contributed by atoms with Gasteiger partial charge in [0.15, 0.2) is 0 Å². The number of hydrogen-bond acceptors (Lipinski definition) is 2. The molecule has 4 heteroatoms. The van der Waals surface area contributed by atoms with Crippen LogP contribution in [0.25, 0.3) is 76.0 Å². The van der Waals surface area contributed by atoms with E-state index in [4.69, 9.17) is 0 Å². The Morgan fingerprint density at radius 1 is 0.513 bits per heavy atom. The highest BCUT2D eigenvalue weighted by Gasteiger charge is 2.22. The number of hydrogen-bond donors (Lipinski definition) is 0. The zero-order valence-electron chi connectivity index (χ0n) is 20.9. The summed E-state index contributed by atoms with van der Waals surface area (Å²) in [6.45, 7) is 0. The second kappa shape index (κ2) is 7.79. The van der Waals surface area contributed by atoms with Gasteiger partial charge in [-0.3, -0.25) is 0 Å². The Labute approximate surface area is 227 Å². The average molecular weight is 516 g/mol. The molecule has 3 nitrogen and oxygen atoms in total. The SMILES string of the molecule is c1ccc(-n2c3c4ccccc4ccc3c3ccc4c(c5ccccc5n4-c4cccc5ncsc45)c32)cc1. The van der Waals surface area contributed by atoms with Crippen molar-refractivity contribution in [2.24, 2.45) is 0 Å². The largest absolute Gasteiger partial charge is 0.308 e. The number of fused-ring (bicyclic) bond motifs is 10. The van der Waals surface area contributed by atoms with E-state index in [1.165, 1.54) is 70.5 Å². The predicted molar refractivity (Wildman–Crippen MR) is 166 cm³/mol. The molecule has 0 saturated carbocycles. The number of benzene rings is 6. The molecule has 3 aromatic heterocycles. The number of nitrogens with zero attached hydrogens (tertiary/aromatic N) is 3. The summed E-state index contributed by atoms with van der Waals surface area (Å²) in [6, 6.07) is 43.9. The van der Waals surface area contributed by atoms with Crippen molar-refractivity contribution < 1.29 is 0 Å². The fourth-order valence-electron chi connectivity index (χ4n) is 6.46. The Balaban J connectivity index is 1.57. The zero-order chi connectivity index (χ0) is 25.5. The maximum atomic E-state index is 4.61. The standard InChI is InChI=1S/C35H21N3S/c1-2-10-23(11-3-1)37-33-24-12-5-4-9-22(24)17-18-25(33)26-19-20-30-32(34(26)37)27-13-6-7-15-29(27)38(30)31-16-8-14-28-35(31)39-21-36-28/h1-21H. The maximum absolute atomic E-state index is 4.61. The molecule has 0 aliphatic heterocycles. The van der Waals surface area contributed by atoms with Crippen LogP contribution in [0.4, 0.5) is 0 Å². The second-order valence-electron chi connectivity index (χ2n) is 10.0. The summed E-state index contributed by atoms with van der Waals surface area (Å²) in [4.78, 5) is 4.61. The van der Waals surface area contributed by atoms with Gasteiger partial charge in [-0.2, -0.15) is 0 Å². The number of thiazole rings is 1. The molecular weight excluding hydrogens is 494 g/mol. The third-order valence-corrected chi connectivity index (χ3v) is 8.91. The van der Waals surface area contributed by atoms with Crippen molar-refractivity contribution in [3.63, 3.8) is 0 Å². The summed E-state index contributed by atoms with van der Waals surface area (Å²) in [5, 5.41) is 7.58. The zero-order valence-corrected chi connectivity index (χ0v) is 21.7. The fourth-order valence-corrected chi connectivity index (χ4v) is 7.25. The van der Waals surface area contributed by atoms with Gasteiger partial charge in [0.25, 0.3) is 0 Å². The molecule has 0 atom stereocenters. The van der Waals surface area contributed by atoms with Gasteiger partial charge in [-0.25, -0.2) is 4.98 Å². The van der Waals surface area contributed by atoms with Crippen LogP contribution in [-0.2, 0) is 0 Å². The molecule has 9 aromatic rings. The van der Waals surface area contributed by atoms with E-state index < -0.39 is 0 Å². The molecule has 0 unspecified atom stereocenters. The van der Waals surface area contributed by atoms with E-state index in [1.54, 1.807) is 11.3 Å². The van der Waals surface area contributed by atoms with Crippen molar-refractivity contribution in [1.82, 2.24) is 14.1 Å². The van der Waals surface area contributed by atoms with E-state index in [-0.39, 0.29) is 0 Å². The second-order valence-corrected chi connectivity index (χ2v) is 10.9. The molecule has 0 aliphatic rings. The first-order chi connectivity index (χ1) is 19.4. The molecule has 39 heavy (non-hydrogen) atoms. The summed E-state index contributed by atoms with van der Waals surface area (Å²) in [7, 11) is 0. The van der Waals surface area contributed by atoms with E-state index in [2.05, 4.69) is 135 Å². The monoisotopic (exact) mass is 515 g/mol. The summed E-state index contributed by atoms with van der Waals surface area (Å²) in [5.41, 5.74) is 10.2. The molecule has 0 aliphatic carbocycles. The highest BCUT2D eigenvalue weighted by atomic mass is 32.1. The van der Waals surface area contributed by atoms with Crippen LogP contribution < -0.4 is 0 Å². The van der Waals surface area contributed by atoms with Gasteiger partial charge in [0, 0.05) is 32.6 Å². The lowest BCUT2D eigenvalue weighted by Crippen LogP contribution is -1.96. The van der Waals surface area contributed by atoms with Crippen LogP contribution >= 0.6 is 11.3 Å². The summed E-state index contributed by atoms with van der Waals surface area (Å²) < 4.78 is 6.12. The summed E-state index contributed by atoms with van der Waals surface area (Å²) >= 11 is 1.70. The summed E-state index contributed by atoms with van der Waals surface area (Å²) in [5.74, 6) is 0. The Morgan fingerprint density at radius 2 is 1.28 bits per heavy atom. The smallest absolute Gasteiger partial charge is 0.0833 e. The molecule has 0 saturated heterocycles. The first-order valence-electron chi connectivity index (χ1n) is 13.1. The average Bonchev–Trinajstić information content (AvgIpc) is 3.70. The van der Waals surface area contributed by atoms with Crippen molar-refractivity contribution in [3.8, 4) is 11.4 Å². The molecule has 0 fully saturated rings. The quantitative estimate of drug-likeness (QED) is 0.225. The highest BCUT2D eigenvalue weighted by molar-refractivity contribution is 7.17. The van der Waals surface area contributed by atoms with E-state index >= 15 is 0 Å². The lowest BCUT2D eigenvalue weighted by Gasteiger charge is -2.11. The van der Waals surface area contributed by atoms with E-state index in [9.17, 15) is 0 Å². The topological polar surface area (TPSA) is 22.8 Å². The number of para-hydroxylation sites is 2. The van der Waals surface area contributed by atoms with Gasteiger partial charge in [0.1, 0.15) is 0 Å². The molecular formula is C35H21N3S. The molecule has 0 amide bonds. The van der Waals surface area contributed by atoms with Gasteiger partial charge < -0.3 is 9.13 Å². The van der Waals surface area contributed by atoms with Gasteiger partial charge in [0.05, 0.1) is 43.5 Å². The van der Waals surface area contributed by atoms with Gasteiger partial charge in [-0.05, 0) is 41.8 Å². The van der Waals surface area contributed by atoms with Gasteiger partial charge in [-0.1, -0.05) is 84.9 Å². The third-order valence-electron chi connectivity index (χ3n) is 8.04. The minimum atomic E-state index is 1.04. The number of rotatable bonds is 2. The summed E-state index contributed by atoms with van der Waals surface area (Å²) in [6.07, 6.45) is 0. The van der Waals surface area contributed by atoms with Crippen molar-refractivity contribution in [2.75, 3.05) is 0 Å². The fraction of sp³-hybridized carbons (Fsp3) is 0. The minimum Gasteiger partial charge on any atom is -0.308 e. The van der Waals surface area contributed by atoms with Crippen molar-refractivity contribution in [2.45, 2.75) is 0 Å². The van der Waals surface area contributed by atoms with Crippen molar-refractivity contribution >= 4 is 75.9 Å². The molecule has 0 N–H and O–H groups in total. The minimum absolute atomic E-state index is 1.04. The normalized spacial score (nSPS) is 12.1. The van der Waals surface area contributed by atoms with Crippen molar-refractivity contribution in [1.29, 1.82) is 0 Å². The van der Waals surface area contributed by atoms with Crippen LogP contribution in [0.1, 0.15) is 0 Å². The lowest BCUT2D eigenvalue weighted by atomic mass is 10.0. The van der Waals surface area contributed by atoms with Crippen LogP contribution in [0.2, 0.25) is 0 Å². The van der Waals surface area contributed by atoms with E-state index in [0.29, 0.717) is 0 Å². The van der Waals surface area contributed by atoms with Crippen LogP contribution in [-0.4, -0.2) is 14.1 Å². The first kappa shape index (κ1) is 21.1. The molecule has 182 valence electrons. The van der Waals surface area contributed by atoms with E-state index in [0.717, 1.165) is 5.52 Å². The van der Waals surface area contributed by atoms with Crippen LogP contribution in [0.5, 0.6) is 0 Å². The van der Waals surface area contributed by atoms with Gasteiger partial charge >= 0.3 is 0 Å². The first-order valence-corrected chi connectivity index (χ1v) is 14.0. The highest BCUT2D eigenvalue weighted by Crippen LogP contribution is 2.44. The molecule has 0 spiro atoms. The Hall–Kier alpha value is -4.93. The van der Waals surface area contributed by atoms with Crippen molar-refractivity contribution in [3.05, 3.63) is 127 Å². The maximum Gasteiger partial charge on any atom is 0.0833 e. The molecule has 9 rings (SSSR count). The van der Waals surface area contributed by atoms with E-state index in [1.807, 2.05) is 5.51 Å². The molecule has 6 aromatic carbocycles. The van der Waals surface area contributed by atoms with Crippen LogP contribution in [0, 0.1) is 0 Å². The third kappa shape index (κ3) is 2.78. The van der Waals surface area contributed by atoms with Crippen LogP contribution in [0.3, 0.4) is 0 Å². The lowest BCUT2D eigenvalue weighted by molar-refractivity contribution is 1.19. The molecule has 3 heterocycles. The van der Waals surface area contributed by atoms with Gasteiger partial charge in [0.2, 0.25) is 0 Å². The molecule has 0 bridgehead atoms. The molecule has 0 radical (unpaired) electrons. The Morgan fingerprint density at radius 3 is 2.21 bits per heavy atom. The Bertz CT molecular complexity index is 2390. The van der Waals surface area contributed by atoms with Gasteiger partial charge in [-0.15, -0.1) is 11.3 Å². The van der Waals surface area contributed by atoms with Crippen LogP contribution in [0.15, 0.2) is 127 Å². The predicted octanol–water partition coefficient (Wildman–Crippen LogP) is 9.64. The number of aromatic nitrogens is 3.